The lowest BCUT2D eigenvalue weighted by Gasteiger charge is -2.13. The quantitative estimate of drug-likeness (QED) is 0.796. The van der Waals surface area contributed by atoms with Crippen molar-refractivity contribution >= 4 is 11.3 Å². The molecule has 1 heterocycles. The molecule has 0 amide bonds. The molecule has 0 saturated heterocycles. The summed E-state index contributed by atoms with van der Waals surface area (Å²) in [6, 6.07) is 0.814. The Kier molecular flexibility index (Phi) is 3.15. The van der Waals surface area contributed by atoms with Crippen LogP contribution in [0.25, 0.3) is 0 Å². The van der Waals surface area contributed by atoms with E-state index in [0.29, 0.717) is 6.54 Å². The van der Waals surface area contributed by atoms with Gasteiger partial charge in [0.25, 0.3) is 0 Å². The summed E-state index contributed by atoms with van der Waals surface area (Å²) in [6.45, 7) is 1.69. The van der Waals surface area contributed by atoms with E-state index in [9.17, 15) is 0 Å². The SMILES string of the molecule is CN(Cc1csc(CCN)n1)C1CC1. The van der Waals surface area contributed by atoms with Gasteiger partial charge in [0.05, 0.1) is 10.7 Å². The van der Waals surface area contributed by atoms with Crippen molar-refractivity contribution in [2.75, 3.05) is 13.6 Å². The molecule has 2 rings (SSSR count). The molecule has 0 spiro atoms. The van der Waals surface area contributed by atoms with E-state index in [-0.39, 0.29) is 0 Å². The minimum absolute atomic E-state index is 0.700. The van der Waals surface area contributed by atoms with Gasteiger partial charge in [-0.1, -0.05) is 0 Å². The predicted molar refractivity (Wildman–Crippen MR) is 59.4 cm³/mol. The molecule has 0 aliphatic heterocycles. The van der Waals surface area contributed by atoms with Crippen molar-refractivity contribution in [1.29, 1.82) is 0 Å². The topological polar surface area (TPSA) is 42.1 Å². The first-order valence-electron chi connectivity index (χ1n) is 5.13. The first-order chi connectivity index (χ1) is 6.79. The Morgan fingerprint density at radius 3 is 3.07 bits per heavy atom. The third kappa shape index (κ3) is 2.53. The molecule has 3 nitrogen and oxygen atoms in total. The summed E-state index contributed by atoms with van der Waals surface area (Å²) in [5, 5.41) is 3.33. The molecule has 1 aromatic heterocycles. The van der Waals surface area contributed by atoms with Gasteiger partial charge < -0.3 is 5.73 Å². The van der Waals surface area contributed by atoms with Crippen LogP contribution < -0.4 is 5.73 Å². The summed E-state index contributed by atoms with van der Waals surface area (Å²) in [4.78, 5) is 6.94. The number of nitrogens with two attached hydrogens (primary N) is 1. The molecule has 1 aliphatic rings. The molecule has 1 fully saturated rings. The molecule has 0 bridgehead atoms. The smallest absolute Gasteiger partial charge is 0.0941 e. The van der Waals surface area contributed by atoms with Crippen molar-refractivity contribution in [3.05, 3.63) is 16.1 Å². The maximum absolute atomic E-state index is 5.49. The number of rotatable bonds is 5. The molecule has 0 radical (unpaired) electrons. The third-order valence-corrected chi connectivity index (χ3v) is 3.50. The molecule has 4 heteroatoms. The maximum Gasteiger partial charge on any atom is 0.0941 e. The summed E-state index contributed by atoms with van der Waals surface area (Å²) in [5.74, 6) is 0. The van der Waals surface area contributed by atoms with E-state index < -0.39 is 0 Å². The standard InChI is InChI=1S/C10H17N3S/c1-13(9-2-3-9)6-8-7-14-10(12-8)4-5-11/h7,9H,2-6,11H2,1H3. The summed E-state index contributed by atoms with van der Waals surface area (Å²) in [6.07, 6.45) is 3.63. The largest absolute Gasteiger partial charge is 0.330 e. The van der Waals surface area contributed by atoms with Gasteiger partial charge in [-0.25, -0.2) is 4.98 Å². The predicted octanol–water partition coefficient (Wildman–Crippen LogP) is 1.24. The Bertz CT molecular complexity index is 293. The normalized spacial score (nSPS) is 16.5. The van der Waals surface area contributed by atoms with Crippen LogP contribution in [0.15, 0.2) is 5.38 Å². The number of aromatic nitrogens is 1. The number of thiazole rings is 1. The second-order valence-corrected chi connectivity index (χ2v) is 4.86. The fourth-order valence-electron chi connectivity index (χ4n) is 1.56. The average Bonchev–Trinajstić information content (AvgIpc) is 2.92. The van der Waals surface area contributed by atoms with E-state index in [1.165, 1.54) is 23.5 Å². The fourth-order valence-corrected chi connectivity index (χ4v) is 2.36. The summed E-state index contributed by atoms with van der Waals surface area (Å²) >= 11 is 1.73. The van der Waals surface area contributed by atoms with Crippen LogP contribution in [-0.2, 0) is 13.0 Å². The van der Waals surface area contributed by atoms with Gasteiger partial charge in [-0.15, -0.1) is 11.3 Å². The van der Waals surface area contributed by atoms with Gasteiger partial charge in [-0.3, -0.25) is 4.90 Å². The van der Waals surface area contributed by atoms with Crippen molar-refractivity contribution in [3.8, 4) is 0 Å². The Hall–Kier alpha value is -0.450. The number of hydrogen-bond donors (Lipinski definition) is 1. The molecular weight excluding hydrogens is 194 g/mol. The van der Waals surface area contributed by atoms with E-state index >= 15 is 0 Å². The van der Waals surface area contributed by atoms with Crippen molar-refractivity contribution in [3.63, 3.8) is 0 Å². The molecule has 0 unspecified atom stereocenters. The summed E-state index contributed by atoms with van der Waals surface area (Å²) < 4.78 is 0. The van der Waals surface area contributed by atoms with Gasteiger partial charge in [-0.05, 0) is 26.4 Å². The highest BCUT2D eigenvalue weighted by molar-refractivity contribution is 7.09. The molecule has 1 aliphatic carbocycles. The average molecular weight is 211 g/mol. The van der Waals surface area contributed by atoms with E-state index in [2.05, 4.69) is 22.3 Å². The van der Waals surface area contributed by atoms with Crippen LogP contribution in [0.2, 0.25) is 0 Å². The van der Waals surface area contributed by atoms with E-state index in [1.807, 2.05) is 0 Å². The highest BCUT2D eigenvalue weighted by Crippen LogP contribution is 2.26. The Morgan fingerprint density at radius 2 is 2.43 bits per heavy atom. The third-order valence-electron chi connectivity index (χ3n) is 2.54. The van der Waals surface area contributed by atoms with Crippen molar-refractivity contribution < 1.29 is 0 Å². The molecule has 0 atom stereocenters. The van der Waals surface area contributed by atoms with Crippen LogP contribution >= 0.6 is 11.3 Å². The zero-order valence-corrected chi connectivity index (χ0v) is 9.39. The lowest BCUT2D eigenvalue weighted by Crippen LogP contribution is -2.20. The van der Waals surface area contributed by atoms with Gasteiger partial charge >= 0.3 is 0 Å². The van der Waals surface area contributed by atoms with Crippen molar-refractivity contribution in [1.82, 2.24) is 9.88 Å². The van der Waals surface area contributed by atoms with Crippen molar-refractivity contribution in [2.24, 2.45) is 5.73 Å². The lowest BCUT2D eigenvalue weighted by molar-refractivity contribution is 0.313. The zero-order chi connectivity index (χ0) is 9.97. The molecule has 2 N–H and O–H groups in total. The monoisotopic (exact) mass is 211 g/mol. The van der Waals surface area contributed by atoms with E-state index in [0.717, 1.165) is 19.0 Å². The van der Waals surface area contributed by atoms with Gasteiger partial charge in [-0.2, -0.15) is 0 Å². The van der Waals surface area contributed by atoms with E-state index in [4.69, 9.17) is 5.73 Å². The number of nitrogens with zero attached hydrogens (tertiary/aromatic N) is 2. The van der Waals surface area contributed by atoms with Gasteiger partial charge in [0.15, 0.2) is 0 Å². The van der Waals surface area contributed by atoms with Crippen LogP contribution in [0.3, 0.4) is 0 Å². The molecule has 78 valence electrons. The lowest BCUT2D eigenvalue weighted by atomic mass is 10.4. The minimum Gasteiger partial charge on any atom is -0.330 e. The molecule has 0 aromatic carbocycles. The summed E-state index contributed by atoms with van der Waals surface area (Å²) in [5.41, 5.74) is 6.69. The molecular formula is C10H17N3S. The molecule has 14 heavy (non-hydrogen) atoms. The van der Waals surface area contributed by atoms with Crippen LogP contribution in [-0.4, -0.2) is 29.5 Å². The van der Waals surface area contributed by atoms with Gasteiger partial charge in [0, 0.05) is 24.4 Å². The van der Waals surface area contributed by atoms with Crippen LogP contribution in [0, 0.1) is 0 Å². The zero-order valence-electron chi connectivity index (χ0n) is 8.57. The summed E-state index contributed by atoms with van der Waals surface area (Å²) in [7, 11) is 2.18. The van der Waals surface area contributed by atoms with Gasteiger partial charge in [0.1, 0.15) is 0 Å². The van der Waals surface area contributed by atoms with E-state index in [1.54, 1.807) is 11.3 Å². The fraction of sp³-hybridized carbons (Fsp3) is 0.700. The van der Waals surface area contributed by atoms with Crippen LogP contribution in [0.5, 0.6) is 0 Å². The van der Waals surface area contributed by atoms with Crippen molar-refractivity contribution in [2.45, 2.75) is 31.8 Å². The first kappa shape index (κ1) is 10.1. The van der Waals surface area contributed by atoms with Crippen LogP contribution in [0.4, 0.5) is 0 Å². The Labute approximate surface area is 88.9 Å². The Morgan fingerprint density at radius 1 is 1.64 bits per heavy atom. The second-order valence-electron chi connectivity index (χ2n) is 3.92. The molecule has 1 aromatic rings. The maximum atomic E-state index is 5.49. The Balaban J connectivity index is 1.88. The first-order valence-corrected chi connectivity index (χ1v) is 6.01. The highest BCUT2D eigenvalue weighted by atomic mass is 32.1. The van der Waals surface area contributed by atoms with Gasteiger partial charge in [0.2, 0.25) is 0 Å². The van der Waals surface area contributed by atoms with Crippen LogP contribution in [0.1, 0.15) is 23.5 Å². The highest BCUT2D eigenvalue weighted by Gasteiger charge is 2.26. The minimum atomic E-state index is 0.700. The number of hydrogen-bond acceptors (Lipinski definition) is 4. The molecule has 1 saturated carbocycles. The second kappa shape index (κ2) is 4.38.